The number of hydrogen-bond acceptors (Lipinski definition) is 5. The van der Waals surface area contributed by atoms with Crippen LogP contribution in [0.3, 0.4) is 0 Å². The molecule has 0 aliphatic rings. The third kappa shape index (κ3) is 5.13. The molecule has 0 saturated carbocycles. The number of methoxy groups -OCH3 is 1. The molecule has 0 aliphatic carbocycles. The van der Waals surface area contributed by atoms with Crippen molar-refractivity contribution in [1.82, 2.24) is 0 Å². The predicted octanol–water partition coefficient (Wildman–Crippen LogP) is -2.54. The second-order valence-electron chi connectivity index (χ2n) is 3.31. The van der Waals surface area contributed by atoms with E-state index in [-0.39, 0.29) is 36.7 Å². The summed E-state index contributed by atoms with van der Waals surface area (Å²) < 4.78 is 31.1. The number of rotatable bonds is 4. The molecule has 92 valence electrons. The minimum atomic E-state index is -4.04. The van der Waals surface area contributed by atoms with E-state index >= 15 is 0 Å². The van der Waals surface area contributed by atoms with Crippen LogP contribution in [-0.2, 0) is 10.3 Å². The summed E-state index contributed by atoms with van der Waals surface area (Å²) in [6, 6.07) is 4.84. The number of benzene rings is 1. The molecule has 0 atom stereocenters. The molecule has 0 unspecified atom stereocenters. The Morgan fingerprint density at radius 1 is 1.29 bits per heavy atom. The average molecular weight is 270 g/mol. The molecule has 0 radical (unpaired) electrons. The van der Waals surface area contributed by atoms with Gasteiger partial charge in [0.25, 0.3) is 0 Å². The van der Waals surface area contributed by atoms with Crippen LogP contribution >= 0.6 is 0 Å². The molecular formula is C9H15N2NaO4S. The molecule has 0 aromatic heterocycles. The number of hydrogen-bond donors (Lipinski definition) is 1. The molecule has 8 heteroatoms. The van der Waals surface area contributed by atoms with Gasteiger partial charge in [0.1, 0.15) is 0 Å². The van der Waals surface area contributed by atoms with Crippen LogP contribution in [0.5, 0.6) is 11.5 Å². The summed E-state index contributed by atoms with van der Waals surface area (Å²) in [6.45, 7) is 0. The topological polar surface area (TPSA) is 81.9 Å². The Morgan fingerprint density at radius 3 is 2.29 bits per heavy atom. The van der Waals surface area contributed by atoms with Gasteiger partial charge in [0, 0.05) is 25.8 Å². The second kappa shape index (κ2) is 6.46. The summed E-state index contributed by atoms with van der Waals surface area (Å²) in [7, 11) is 1.10. The van der Waals surface area contributed by atoms with Gasteiger partial charge in [0.2, 0.25) is 0 Å². The molecule has 1 aromatic rings. The molecule has 0 bridgehead atoms. The zero-order chi connectivity index (χ0) is 12.3. The van der Waals surface area contributed by atoms with Gasteiger partial charge in [0.15, 0.2) is 11.5 Å². The van der Waals surface area contributed by atoms with Crippen LogP contribution in [0.25, 0.3) is 0 Å². The fourth-order valence-electron chi connectivity index (χ4n) is 1.13. The van der Waals surface area contributed by atoms with Crippen molar-refractivity contribution in [2.75, 3.05) is 26.1 Å². The predicted molar refractivity (Wildman–Crippen MR) is 62.2 cm³/mol. The largest absolute Gasteiger partial charge is 1.00 e. The average Bonchev–Trinajstić information content (AvgIpc) is 2.15. The first-order valence-electron chi connectivity index (χ1n) is 4.41. The molecule has 0 saturated heterocycles. The molecular weight excluding hydrogens is 255 g/mol. The van der Waals surface area contributed by atoms with Crippen molar-refractivity contribution in [3.8, 4) is 11.5 Å². The summed E-state index contributed by atoms with van der Waals surface area (Å²) in [5.41, 5.74) is 0.860. The van der Waals surface area contributed by atoms with Crippen molar-refractivity contribution in [3.63, 3.8) is 0 Å². The molecule has 1 aromatic carbocycles. The standard InChI is InChI=1S/C9H14N2O4S.Na.H/c1-11(2)7-4-5-8(9(6-7)14-3)15-16(10,12)13;;/h4-6H,1-3H3,(H2,10,12,13);;/q;+1;-1. The van der Waals surface area contributed by atoms with E-state index in [1.807, 2.05) is 19.0 Å². The van der Waals surface area contributed by atoms with Crippen molar-refractivity contribution in [2.45, 2.75) is 0 Å². The van der Waals surface area contributed by atoms with Crippen LogP contribution in [0.1, 0.15) is 1.43 Å². The molecule has 0 heterocycles. The minimum Gasteiger partial charge on any atom is -1.00 e. The maximum atomic E-state index is 10.8. The van der Waals surface area contributed by atoms with Crippen molar-refractivity contribution < 1.29 is 48.3 Å². The molecule has 0 aliphatic heterocycles. The zero-order valence-electron chi connectivity index (χ0n) is 11.3. The Balaban J connectivity index is 0. The molecule has 0 spiro atoms. The van der Waals surface area contributed by atoms with Gasteiger partial charge in [-0.3, -0.25) is 0 Å². The Kier molecular flexibility index (Phi) is 6.28. The summed E-state index contributed by atoms with van der Waals surface area (Å²) in [5.74, 6) is 0.371. The van der Waals surface area contributed by atoms with Gasteiger partial charge in [-0.1, -0.05) is 0 Å². The van der Waals surface area contributed by atoms with Crippen molar-refractivity contribution in [1.29, 1.82) is 0 Å². The van der Waals surface area contributed by atoms with Gasteiger partial charge in [-0.25, -0.2) is 0 Å². The maximum Gasteiger partial charge on any atom is 1.00 e. The van der Waals surface area contributed by atoms with Crippen LogP contribution in [0.15, 0.2) is 18.2 Å². The molecule has 2 N–H and O–H groups in total. The van der Waals surface area contributed by atoms with Crippen LogP contribution in [0.4, 0.5) is 5.69 Å². The smallest absolute Gasteiger partial charge is 1.00 e. The first-order chi connectivity index (χ1) is 7.33. The Morgan fingerprint density at radius 2 is 1.88 bits per heavy atom. The van der Waals surface area contributed by atoms with Crippen LogP contribution in [-0.4, -0.2) is 29.6 Å². The Bertz CT molecular complexity index is 481. The van der Waals surface area contributed by atoms with E-state index in [0.717, 1.165) is 5.69 Å². The van der Waals surface area contributed by atoms with Gasteiger partial charge in [-0.15, -0.1) is 0 Å². The van der Waals surface area contributed by atoms with E-state index < -0.39 is 10.3 Å². The van der Waals surface area contributed by atoms with E-state index in [1.54, 1.807) is 12.1 Å². The molecule has 0 amide bonds. The number of nitrogens with zero attached hydrogens (tertiary/aromatic N) is 1. The van der Waals surface area contributed by atoms with Gasteiger partial charge in [-0.2, -0.15) is 13.6 Å². The first-order valence-corrected chi connectivity index (χ1v) is 5.88. The second-order valence-corrected chi connectivity index (χ2v) is 4.46. The monoisotopic (exact) mass is 270 g/mol. The van der Waals surface area contributed by atoms with E-state index in [4.69, 9.17) is 9.88 Å². The van der Waals surface area contributed by atoms with E-state index in [2.05, 4.69) is 4.18 Å². The van der Waals surface area contributed by atoms with Gasteiger partial charge in [-0.05, 0) is 12.1 Å². The summed E-state index contributed by atoms with van der Waals surface area (Å²) in [6.07, 6.45) is 0. The molecule has 0 fully saturated rings. The summed E-state index contributed by atoms with van der Waals surface area (Å²) in [4.78, 5) is 1.85. The number of nitrogens with two attached hydrogens (primary N) is 1. The van der Waals surface area contributed by atoms with Crippen molar-refractivity contribution in [2.24, 2.45) is 5.14 Å². The van der Waals surface area contributed by atoms with E-state index in [0.29, 0.717) is 5.75 Å². The number of ether oxygens (including phenoxy) is 1. The quantitative estimate of drug-likeness (QED) is 0.610. The maximum absolute atomic E-state index is 10.8. The third-order valence-corrected chi connectivity index (χ3v) is 2.28. The SMILES string of the molecule is COc1cc(N(C)C)ccc1OS(N)(=O)=O.[H-].[Na+]. The first kappa shape index (κ1) is 16.5. The van der Waals surface area contributed by atoms with Crippen LogP contribution < -0.4 is 48.5 Å². The summed E-state index contributed by atoms with van der Waals surface area (Å²) >= 11 is 0. The molecule has 6 nitrogen and oxygen atoms in total. The molecule has 1 rings (SSSR count). The van der Waals surface area contributed by atoms with Gasteiger partial charge >= 0.3 is 39.9 Å². The van der Waals surface area contributed by atoms with Crippen LogP contribution in [0, 0.1) is 0 Å². The zero-order valence-corrected chi connectivity index (χ0v) is 13.1. The van der Waals surface area contributed by atoms with Crippen molar-refractivity contribution in [3.05, 3.63) is 18.2 Å². The van der Waals surface area contributed by atoms with Gasteiger partial charge < -0.3 is 15.2 Å². The summed E-state index contributed by atoms with van der Waals surface area (Å²) in [5, 5.41) is 4.77. The van der Waals surface area contributed by atoms with Crippen LogP contribution in [0.2, 0.25) is 0 Å². The van der Waals surface area contributed by atoms with Gasteiger partial charge in [0.05, 0.1) is 7.11 Å². The molecule has 17 heavy (non-hydrogen) atoms. The fourth-order valence-corrected chi connectivity index (χ4v) is 1.52. The van der Waals surface area contributed by atoms with E-state index in [1.165, 1.54) is 13.2 Å². The normalized spacial score (nSPS) is 10.4. The van der Waals surface area contributed by atoms with E-state index in [9.17, 15) is 8.42 Å². The minimum absolute atomic E-state index is 0. The number of anilines is 1. The third-order valence-electron chi connectivity index (χ3n) is 1.87. The van der Waals surface area contributed by atoms with Crippen molar-refractivity contribution >= 4 is 16.0 Å². The Hall–Kier alpha value is -0.470. The Labute approximate surface area is 125 Å². The fraction of sp³-hybridized carbons (Fsp3) is 0.333.